The maximum atomic E-state index is 10.4. The highest BCUT2D eigenvalue weighted by Crippen LogP contribution is 2.02. The molecule has 0 fully saturated rings. The van der Waals surface area contributed by atoms with E-state index in [0.717, 1.165) is 0 Å². The summed E-state index contributed by atoms with van der Waals surface area (Å²) >= 11 is 5.44. The number of halogens is 1. The summed E-state index contributed by atoms with van der Waals surface area (Å²) in [5.41, 5.74) is 0.332. The molecule has 0 saturated carbocycles. The predicted octanol–water partition coefficient (Wildman–Crippen LogP) is -0.150. The Kier molecular flexibility index (Phi) is 3.15. The van der Waals surface area contributed by atoms with E-state index in [-0.39, 0.29) is 11.8 Å². The minimum absolute atomic E-state index is 0.222. The zero-order valence-corrected chi connectivity index (χ0v) is 7.92. The van der Waals surface area contributed by atoms with Gasteiger partial charge in [-0.1, -0.05) is 11.6 Å². The first-order valence-electron chi connectivity index (χ1n) is 3.11. The van der Waals surface area contributed by atoms with Crippen LogP contribution in [-0.4, -0.2) is 18.4 Å². The molecule has 1 rings (SSSR count). The van der Waals surface area contributed by atoms with Gasteiger partial charge >= 0.3 is 10.3 Å². The third kappa shape index (κ3) is 4.13. The van der Waals surface area contributed by atoms with Crippen LogP contribution in [0.4, 0.5) is 0 Å². The highest BCUT2D eigenvalue weighted by molar-refractivity contribution is 7.84. The number of hydrogen-bond acceptors (Lipinski definition) is 5. The normalized spacial score (nSPS) is 11.5. The van der Waals surface area contributed by atoms with Crippen LogP contribution in [0, 0.1) is 0 Å². The Balaban J connectivity index is 2.61. The average Bonchev–Trinajstić information content (AvgIpc) is 2.02. The van der Waals surface area contributed by atoms with Crippen molar-refractivity contribution in [3.05, 3.63) is 23.2 Å². The van der Waals surface area contributed by atoms with E-state index in [9.17, 15) is 8.42 Å². The van der Waals surface area contributed by atoms with Gasteiger partial charge in [0.15, 0.2) is 0 Å². The average molecular weight is 224 g/mol. The van der Waals surface area contributed by atoms with E-state index in [2.05, 4.69) is 19.3 Å². The van der Waals surface area contributed by atoms with Crippen molar-refractivity contribution in [3.63, 3.8) is 0 Å². The molecule has 13 heavy (non-hydrogen) atoms. The van der Waals surface area contributed by atoms with Gasteiger partial charge in [-0.05, 0) is 0 Å². The van der Waals surface area contributed by atoms with Crippen LogP contribution in [0.5, 0.6) is 0 Å². The maximum absolute atomic E-state index is 10.4. The van der Waals surface area contributed by atoms with Crippen LogP contribution in [-0.2, 0) is 21.1 Å². The summed E-state index contributed by atoms with van der Waals surface area (Å²) in [6.45, 7) is -0.247. The van der Waals surface area contributed by atoms with E-state index < -0.39 is 10.3 Å². The van der Waals surface area contributed by atoms with Gasteiger partial charge in [-0.2, -0.15) is 8.42 Å². The van der Waals surface area contributed by atoms with Crippen molar-refractivity contribution in [2.75, 3.05) is 0 Å². The lowest BCUT2D eigenvalue weighted by atomic mass is 10.5. The van der Waals surface area contributed by atoms with Crippen molar-refractivity contribution in [3.8, 4) is 0 Å². The molecular weight excluding hydrogens is 218 g/mol. The zero-order chi connectivity index (χ0) is 9.90. The Bertz CT molecular complexity index is 377. The summed E-state index contributed by atoms with van der Waals surface area (Å²) in [4.78, 5) is 7.41. The van der Waals surface area contributed by atoms with Gasteiger partial charge in [0.1, 0.15) is 11.8 Å². The van der Waals surface area contributed by atoms with Crippen LogP contribution in [0.25, 0.3) is 0 Å². The fraction of sp³-hybridized carbons (Fsp3) is 0.200. The Morgan fingerprint density at radius 2 is 2.15 bits per heavy atom. The number of nitrogens with zero attached hydrogens (tertiary/aromatic N) is 2. The first kappa shape index (κ1) is 10.3. The fourth-order valence-electron chi connectivity index (χ4n) is 0.556. The van der Waals surface area contributed by atoms with Gasteiger partial charge in [-0.25, -0.2) is 10.1 Å². The molecule has 2 N–H and O–H groups in total. The molecule has 72 valence electrons. The molecule has 0 radical (unpaired) electrons. The molecule has 6 nitrogen and oxygen atoms in total. The molecular formula is C5H6ClN3O3S. The van der Waals surface area contributed by atoms with Gasteiger partial charge in [0.2, 0.25) is 0 Å². The van der Waals surface area contributed by atoms with Gasteiger partial charge in [0, 0.05) is 0 Å². The van der Waals surface area contributed by atoms with E-state index in [4.69, 9.17) is 11.6 Å². The van der Waals surface area contributed by atoms with Crippen molar-refractivity contribution in [2.45, 2.75) is 6.61 Å². The van der Waals surface area contributed by atoms with Crippen molar-refractivity contribution in [1.82, 2.24) is 9.97 Å². The van der Waals surface area contributed by atoms with Gasteiger partial charge in [-0.3, -0.25) is 9.17 Å². The van der Waals surface area contributed by atoms with Gasteiger partial charge < -0.3 is 0 Å². The standard InChI is InChI=1S/C5H6ClN3O3S/c6-5-2-8-4(1-9-5)3-12-13(7,10)11/h1-2H,3H2,(H2,7,10,11). The molecule has 0 spiro atoms. The van der Waals surface area contributed by atoms with Crippen LogP contribution in [0.2, 0.25) is 5.15 Å². The maximum Gasteiger partial charge on any atom is 0.333 e. The second-order valence-electron chi connectivity index (χ2n) is 2.09. The van der Waals surface area contributed by atoms with E-state index in [1.807, 2.05) is 0 Å². The smallest absolute Gasteiger partial charge is 0.254 e. The number of rotatable bonds is 3. The lowest BCUT2D eigenvalue weighted by Crippen LogP contribution is -2.15. The third-order valence-corrected chi connectivity index (χ3v) is 1.69. The molecule has 1 aromatic heterocycles. The molecule has 1 aromatic rings. The molecule has 1 heterocycles. The molecule has 0 aliphatic heterocycles. The van der Waals surface area contributed by atoms with Crippen LogP contribution in [0.15, 0.2) is 12.4 Å². The van der Waals surface area contributed by atoms with E-state index in [0.29, 0.717) is 5.69 Å². The van der Waals surface area contributed by atoms with E-state index in [1.165, 1.54) is 12.4 Å². The van der Waals surface area contributed by atoms with Crippen LogP contribution in [0.3, 0.4) is 0 Å². The molecule has 0 bridgehead atoms. The van der Waals surface area contributed by atoms with Crippen molar-refractivity contribution < 1.29 is 12.6 Å². The van der Waals surface area contributed by atoms with Crippen molar-refractivity contribution >= 4 is 21.9 Å². The summed E-state index contributed by atoms with van der Waals surface area (Å²) in [7, 11) is -3.93. The van der Waals surface area contributed by atoms with Gasteiger partial charge in [0.25, 0.3) is 0 Å². The molecule has 0 amide bonds. The summed E-state index contributed by atoms with van der Waals surface area (Å²) in [5.74, 6) is 0. The summed E-state index contributed by atoms with van der Waals surface area (Å²) in [6, 6.07) is 0. The number of aromatic nitrogens is 2. The second kappa shape index (κ2) is 3.97. The fourth-order valence-corrected chi connectivity index (χ4v) is 0.939. The highest BCUT2D eigenvalue weighted by atomic mass is 35.5. The predicted molar refractivity (Wildman–Crippen MR) is 44.9 cm³/mol. The Labute approximate surface area is 80.0 Å². The molecule has 0 unspecified atom stereocenters. The van der Waals surface area contributed by atoms with Crippen molar-refractivity contribution in [2.24, 2.45) is 5.14 Å². The lowest BCUT2D eigenvalue weighted by molar-refractivity contribution is 0.303. The van der Waals surface area contributed by atoms with Gasteiger partial charge in [-0.15, -0.1) is 0 Å². The minimum Gasteiger partial charge on any atom is -0.254 e. The van der Waals surface area contributed by atoms with Crippen LogP contribution >= 0.6 is 11.6 Å². The Hall–Kier alpha value is -0.760. The lowest BCUT2D eigenvalue weighted by Gasteiger charge is -1.99. The minimum atomic E-state index is -3.93. The first-order valence-corrected chi connectivity index (χ1v) is 4.96. The number of nitrogens with two attached hydrogens (primary N) is 1. The second-order valence-corrected chi connectivity index (χ2v) is 3.69. The summed E-state index contributed by atoms with van der Waals surface area (Å²) in [5, 5.41) is 4.81. The van der Waals surface area contributed by atoms with Crippen LogP contribution < -0.4 is 5.14 Å². The highest BCUT2D eigenvalue weighted by Gasteiger charge is 2.03. The van der Waals surface area contributed by atoms with Crippen LogP contribution in [0.1, 0.15) is 5.69 Å². The molecule has 0 aliphatic carbocycles. The van der Waals surface area contributed by atoms with E-state index in [1.54, 1.807) is 0 Å². The van der Waals surface area contributed by atoms with Gasteiger partial charge in [0.05, 0.1) is 18.1 Å². The largest absolute Gasteiger partial charge is 0.333 e. The Morgan fingerprint density at radius 1 is 1.46 bits per heavy atom. The Morgan fingerprint density at radius 3 is 2.62 bits per heavy atom. The monoisotopic (exact) mass is 223 g/mol. The first-order chi connectivity index (χ1) is 5.97. The number of hydrogen-bond donors (Lipinski definition) is 1. The summed E-state index contributed by atoms with van der Waals surface area (Å²) < 4.78 is 25.0. The molecule has 0 atom stereocenters. The molecule has 0 aromatic carbocycles. The van der Waals surface area contributed by atoms with E-state index >= 15 is 0 Å². The third-order valence-electron chi connectivity index (χ3n) is 1.04. The molecule has 8 heteroatoms. The quantitative estimate of drug-likeness (QED) is 0.769. The zero-order valence-electron chi connectivity index (χ0n) is 6.34. The molecule has 0 aliphatic rings. The van der Waals surface area contributed by atoms with Crippen molar-refractivity contribution in [1.29, 1.82) is 0 Å². The summed E-state index contributed by atoms with van der Waals surface area (Å²) in [6.07, 6.45) is 2.58. The molecule has 0 saturated heterocycles. The topological polar surface area (TPSA) is 95.2 Å². The SMILES string of the molecule is NS(=O)(=O)OCc1cnc(Cl)cn1.